The predicted molar refractivity (Wildman–Crippen MR) is 48.9 cm³/mol. The number of carbonyl (C=O) groups excluding carboxylic acids is 1. The lowest BCUT2D eigenvalue weighted by Gasteiger charge is -2.22. The van der Waals surface area contributed by atoms with Crippen LogP contribution in [0.2, 0.25) is 0 Å². The van der Waals surface area contributed by atoms with Crippen molar-refractivity contribution in [1.82, 2.24) is 4.90 Å². The van der Waals surface area contributed by atoms with Gasteiger partial charge in [-0.3, -0.25) is 4.79 Å². The Bertz CT molecular complexity index is 149. The second-order valence-corrected chi connectivity index (χ2v) is 3.28. The molecule has 0 aromatic heterocycles. The summed E-state index contributed by atoms with van der Waals surface area (Å²) in [6.07, 6.45) is 2.91. The summed E-state index contributed by atoms with van der Waals surface area (Å²) >= 11 is 4.21. The summed E-state index contributed by atoms with van der Waals surface area (Å²) in [5.74, 6) is 1.09. The van der Waals surface area contributed by atoms with Crippen LogP contribution in [0.25, 0.3) is 0 Å². The molecule has 0 spiro atoms. The number of thiol groups is 1. The van der Waals surface area contributed by atoms with Gasteiger partial charge in [0.15, 0.2) is 0 Å². The van der Waals surface area contributed by atoms with Crippen LogP contribution < -0.4 is 0 Å². The average molecular weight is 173 g/mol. The Morgan fingerprint density at radius 1 is 1.73 bits per heavy atom. The van der Waals surface area contributed by atoms with Crippen LogP contribution in [-0.4, -0.2) is 29.1 Å². The average Bonchev–Trinajstić information content (AvgIpc) is 2.50. The van der Waals surface area contributed by atoms with Gasteiger partial charge in [0.2, 0.25) is 5.91 Å². The Labute approximate surface area is 73.4 Å². The molecule has 2 nitrogen and oxygen atoms in total. The monoisotopic (exact) mass is 173 g/mol. The first-order chi connectivity index (χ1) is 5.29. The maximum atomic E-state index is 11.3. The van der Waals surface area contributed by atoms with E-state index >= 15 is 0 Å². The van der Waals surface area contributed by atoms with E-state index in [9.17, 15) is 4.79 Å². The zero-order valence-corrected chi connectivity index (χ0v) is 7.81. The van der Waals surface area contributed by atoms with Gasteiger partial charge in [0, 0.05) is 24.8 Å². The normalized spacial score (nSPS) is 24.2. The number of rotatable bonds is 2. The summed E-state index contributed by atoms with van der Waals surface area (Å²) in [4.78, 5) is 13.2. The van der Waals surface area contributed by atoms with E-state index in [0.29, 0.717) is 12.5 Å². The van der Waals surface area contributed by atoms with E-state index in [1.807, 2.05) is 11.8 Å². The number of carbonyl (C=O) groups is 1. The molecule has 64 valence electrons. The van der Waals surface area contributed by atoms with Gasteiger partial charge in [0.05, 0.1) is 0 Å². The van der Waals surface area contributed by atoms with Crippen LogP contribution in [0.3, 0.4) is 0 Å². The summed E-state index contributed by atoms with van der Waals surface area (Å²) in [6, 6.07) is 0.408. The van der Waals surface area contributed by atoms with Crippen LogP contribution in [0, 0.1) is 0 Å². The number of amides is 1. The zero-order chi connectivity index (χ0) is 8.27. The summed E-state index contributed by atoms with van der Waals surface area (Å²) in [6.45, 7) is 2.86. The number of hydrogen-bond donors (Lipinski definition) is 1. The standard InChI is InChI=1S/C8H15NOS/c1-2-8(10)9-5-3-4-7(9)6-11/h7,11H,2-6H2,1H3/t7-/m0/s1. The maximum Gasteiger partial charge on any atom is 0.222 e. The Kier molecular flexibility index (Phi) is 3.24. The highest BCUT2D eigenvalue weighted by Crippen LogP contribution is 2.18. The zero-order valence-electron chi connectivity index (χ0n) is 6.92. The van der Waals surface area contributed by atoms with E-state index in [2.05, 4.69) is 12.6 Å². The van der Waals surface area contributed by atoms with Crippen molar-refractivity contribution in [1.29, 1.82) is 0 Å². The van der Waals surface area contributed by atoms with Crippen molar-refractivity contribution >= 4 is 18.5 Å². The highest BCUT2D eigenvalue weighted by atomic mass is 32.1. The maximum absolute atomic E-state index is 11.3. The van der Waals surface area contributed by atoms with Crippen molar-refractivity contribution in [2.24, 2.45) is 0 Å². The van der Waals surface area contributed by atoms with Gasteiger partial charge in [-0.05, 0) is 12.8 Å². The fraction of sp³-hybridized carbons (Fsp3) is 0.875. The predicted octanol–water partition coefficient (Wildman–Crippen LogP) is 1.32. The Hall–Kier alpha value is -0.180. The molecule has 0 aliphatic carbocycles. The van der Waals surface area contributed by atoms with Gasteiger partial charge in [0.25, 0.3) is 0 Å². The van der Waals surface area contributed by atoms with Gasteiger partial charge >= 0.3 is 0 Å². The van der Waals surface area contributed by atoms with Crippen molar-refractivity contribution in [2.75, 3.05) is 12.3 Å². The molecule has 3 heteroatoms. The molecule has 0 aromatic rings. The minimum atomic E-state index is 0.279. The molecule has 0 saturated carbocycles. The van der Waals surface area contributed by atoms with Crippen LogP contribution >= 0.6 is 12.6 Å². The molecule has 1 rings (SSSR count). The topological polar surface area (TPSA) is 20.3 Å². The second-order valence-electron chi connectivity index (χ2n) is 2.92. The van der Waals surface area contributed by atoms with Gasteiger partial charge < -0.3 is 4.90 Å². The quantitative estimate of drug-likeness (QED) is 0.624. The lowest BCUT2D eigenvalue weighted by atomic mass is 10.2. The van der Waals surface area contributed by atoms with E-state index in [1.54, 1.807) is 0 Å². The van der Waals surface area contributed by atoms with E-state index in [0.717, 1.165) is 25.1 Å². The van der Waals surface area contributed by atoms with Crippen molar-refractivity contribution in [3.63, 3.8) is 0 Å². The van der Waals surface area contributed by atoms with Crippen molar-refractivity contribution in [3.8, 4) is 0 Å². The van der Waals surface area contributed by atoms with Gasteiger partial charge in [-0.15, -0.1) is 0 Å². The molecule has 1 atom stereocenters. The van der Waals surface area contributed by atoms with E-state index in [1.165, 1.54) is 0 Å². The first-order valence-corrected chi connectivity index (χ1v) is 4.83. The third kappa shape index (κ3) is 1.89. The summed E-state index contributed by atoms with van der Waals surface area (Å²) in [5, 5.41) is 0. The fourth-order valence-corrected chi connectivity index (χ4v) is 1.94. The van der Waals surface area contributed by atoms with E-state index in [4.69, 9.17) is 0 Å². The number of nitrogens with zero attached hydrogens (tertiary/aromatic N) is 1. The largest absolute Gasteiger partial charge is 0.339 e. The molecule has 0 N–H and O–H groups in total. The number of likely N-dealkylation sites (tertiary alicyclic amines) is 1. The van der Waals surface area contributed by atoms with Crippen molar-refractivity contribution < 1.29 is 4.79 Å². The molecule has 1 saturated heterocycles. The summed E-state index contributed by atoms with van der Waals surface area (Å²) in [5.41, 5.74) is 0. The molecule has 0 unspecified atom stereocenters. The lowest BCUT2D eigenvalue weighted by Crippen LogP contribution is -2.35. The molecule has 1 aliphatic rings. The van der Waals surface area contributed by atoms with Gasteiger partial charge in [-0.25, -0.2) is 0 Å². The van der Waals surface area contributed by atoms with Crippen LogP contribution in [0.15, 0.2) is 0 Å². The third-order valence-electron chi connectivity index (χ3n) is 2.21. The summed E-state index contributed by atoms with van der Waals surface area (Å²) in [7, 11) is 0. The van der Waals surface area contributed by atoms with Crippen molar-refractivity contribution in [3.05, 3.63) is 0 Å². The van der Waals surface area contributed by atoms with Crippen LogP contribution in [-0.2, 0) is 4.79 Å². The molecule has 1 fully saturated rings. The smallest absolute Gasteiger partial charge is 0.222 e. The van der Waals surface area contributed by atoms with Crippen molar-refractivity contribution in [2.45, 2.75) is 32.2 Å². The molecule has 11 heavy (non-hydrogen) atoms. The SMILES string of the molecule is CCC(=O)N1CCC[C@H]1CS. The molecule has 0 radical (unpaired) electrons. The molecule has 1 aliphatic heterocycles. The number of hydrogen-bond acceptors (Lipinski definition) is 2. The van der Waals surface area contributed by atoms with Crippen LogP contribution in [0.4, 0.5) is 0 Å². The van der Waals surface area contributed by atoms with Gasteiger partial charge in [-0.2, -0.15) is 12.6 Å². The van der Waals surface area contributed by atoms with Crippen LogP contribution in [0.1, 0.15) is 26.2 Å². The molecule has 0 aromatic carbocycles. The lowest BCUT2D eigenvalue weighted by molar-refractivity contribution is -0.131. The highest BCUT2D eigenvalue weighted by molar-refractivity contribution is 7.80. The van der Waals surface area contributed by atoms with E-state index in [-0.39, 0.29) is 5.91 Å². The second kappa shape index (κ2) is 4.00. The van der Waals surface area contributed by atoms with Crippen LogP contribution in [0.5, 0.6) is 0 Å². The van der Waals surface area contributed by atoms with Gasteiger partial charge in [0.1, 0.15) is 0 Å². The molecular formula is C8H15NOS. The van der Waals surface area contributed by atoms with E-state index < -0.39 is 0 Å². The first kappa shape index (κ1) is 8.91. The minimum absolute atomic E-state index is 0.279. The first-order valence-electron chi connectivity index (χ1n) is 4.20. The highest BCUT2D eigenvalue weighted by Gasteiger charge is 2.25. The molecule has 0 bridgehead atoms. The Morgan fingerprint density at radius 2 is 2.45 bits per heavy atom. The third-order valence-corrected chi connectivity index (χ3v) is 2.63. The molecule has 1 amide bonds. The Balaban J connectivity index is 2.49. The summed E-state index contributed by atoms with van der Waals surface area (Å²) < 4.78 is 0. The molecular weight excluding hydrogens is 158 g/mol. The fourth-order valence-electron chi connectivity index (χ4n) is 1.56. The molecule has 1 heterocycles. The minimum Gasteiger partial charge on any atom is -0.339 e. The van der Waals surface area contributed by atoms with Gasteiger partial charge in [-0.1, -0.05) is 6.92 Å². The Morgan fingerprint density at radius 3 is 3.00 bits per heavy atom.